The Labute approximate surface area is 216 Å². The smallest absolute Gasteiger partial charge is 0.344 e. The van der Waals surface area contributed by atoms with Crippen LogP contribution in [-0.4, -0.2) is 47.7 Å². The summed E-state index contributed by atoms with van der Waals surface area (Å²) in [6.07, 6.45) is 2.32. The Morgan fingerprint density at radius 1 is 1.09 bits per heavy atom. The summed E-state index contributed by atoms with van der Waals surface area (Å²) >= 11 is 13.2. The Kier molecular flexibility index (Phi) is 9.20. The minimum Gasteiger partial charge on any atom is -0.479 e. The largest absolute Gasteiger partial charge is 0.479 e. The molecule has 3 rings (SSSR count). The number of ether oxygens (including phenoxy) is 2. The lowest BCUT2D eigenvalue weighted by molar-refractivity contribution is -0.145. The van der Waals surface area contributed by atoms with Crippen molar-refractivity contribution >= 4 is 69.8 Å². The second-order valence-electron chi connectivity index (χ2n) is 7.27. The molecule has 8 nitrogen and oxygen atoms in total. The zero-order valence-electron chi connectivity index (χ0n) is 18.9. The molecular formula is C24H22Cl2N2O6S. The first-order chi connectivity index (χ1) is 16.7. The number of esters is 1. The summed E-state index contributed by atoms with van der Waals surface area (Å²) in [4.78, 5) is 50.0. The normalized spacial score (nSPS) is 14.4. The average molecular weight is 537 g/mol. The van der Waals surface area contributed by atoms with Gasteiger partial charge < -0.3 is 14.8 Å². The minimum absolute atomic E-state index is 0.0929. The van der Waals surface area contributed by atoms with Crippen molar-refractivity contribution in [2.24, 2.45) is 0 Å². The Hall–Kier alpha value is -3.01. The fraction of sp³-hybridized carbons (Fsp3) is 0.250. The molecule has 2 aromatic carbocycles. The van der Waals surface area contributed by atoms with Crippen molar-refractivity contribution in [1.29, 1.82) is 0 Å². The highest BCUT2D eigenvalue weighted by Gasteiger charge is 2.36. The summed E-state index contributed by atoms with van der Waals surface area (Å²) in [5, 5.41) is 2.34. The number of nitrogens with zero attached hydrogens (tertiary/aromatic N) is 1. The molecule has 3 amide bonds. The molecule has 1 N–H and O–H groups in total. The number of amides is 3. The second kappa shape index (κ2) is 12.1. The van der Waals surface area contributed by atoms with Gasteiger partial charge in [0.25, 0.3) is 11.1 Å². The van der Waals surface area contributed by atoms with E-state index in [1.165, 1.54) is 18.2 Å². The maximum absolute atomic E-state index is 12.8. The van der Waals surface area contributed by atoms with Crippen LogP contribution in [0.15, 0.2) is 41.3 Å². The number of nitrogens with one attached hydrogen (secondary N) is 1. The van der Waals surface area contributed by atoms with Crippen LogP contribution in [0, 0.1) is 0 Å². The molecule has 1 fully saturated rings. The number of benzene rings is 2. The van der Waals surface area contributed by atoms with Crippen molar-refractivity contribution in [1.82, 2.24) is 4.90 Å². The number of anilines is 1. The zero-order chi connectivity index (χ0) is 25.5. The van der Waals surface area contributed by atoms with E-state index >= 15 is 0 Å². The SMILES string of the molecule is CCOC(=O)COc1c(Cl)cc(/C=C2\SC(=O)N(CC(=O)Nc3ccc(CC)cc3)C2=O)cc1Cl. The van der Waals surface area contributed by atoms with E-state index in [1.54, 1.807) is 19.1 Å². The van der Waals surface area contributed by atoms with Crippen molar-refractivity contribution in [2.75, 3.05) is 25.1 Å². The van der Waals surface area contributed by atoms with E-state index in [0.29, 0.717) is 23.0 Å². The lowest BCUT2D eigenvalue weighted by atomic mass is 10.1. The molecule has 1 saturated heterocycles. The van der Waals surface area contributed by atoms with Crippen molar-refractivity contribution < 1.29 is 28.7 Å². The van der Waals surface area contributed by atoms with Crippen molar-refractivity contribution in [3.05, 3.63) is 62.5 Å². The van der Waals surface area contributed by atoms with Crippen LogP contribution in [0.5, 0.6) is 5.75 Å². The van der Waals surface area contributed by atoms with Gasteiger partial charge in [-0.15, -0.1) is 0 Å². The Morgan fingerprint density at radius 3 is 2.34 bits per heavy atom. The summed E-state index contributed by atoms with van der Waals surface area (Å²) in [5.41, 5.74) is 2.14. The van der Waals surface area contributed by atoms with Gasteiger partial charge in [-0.3, -0.25) is 19.3 Å². The van der Waals surface area contributed by atoms with E-state index in [2.05, 4.69) is 5.32 Å². The molecule has 0 unspecified atom stereocenters. The van der Waals surface area contributed by atoms with Gasteiger partial charge in [0, 0.05) is 5.69 Å². The van der Waals surface area contributed by atoms with Crippen LogP contribution in [-0.2, 0) is 25.5 Å². The van der Waals surface area contributed by atoms with Crippen LogP contribution < -0.4 is 10.1 Å². The van der Waals surface area contributed by atoms with Gasteiger partial charge in [0.1, 0.15) is 6.54 Å². The number of aryl methyl sites for hydroxylation is 1. The van der Waals surface area contributed by atoms with E-state index in [9.17, 15) is 19.2 Å². The predicted molar refractivity (Wildman–Crippen MR) is 136 cm³/mol. The summed E-state index contributed by atoms with van der Waals surface area (Å²) in [5.74, 6) is -1.58. The summed E-state index contributed by atoms with van der Waals surface area (Å²) in [7, 11) is 0. The molecule has 0 aromatic heterocycles. The molecule has 0 atom stereocenters. The van der Waals surface area contributed by atoms with E-state index in [4.69, 9.17) is 32.7 Å². The monoisotopic (exact) mass is 536 g/mol. The second-order valence-corrected chi connectivity index (χ2v) is 9.08. The molecule has 1 aliphatic rings. The van der Waals surface area contributed by atoms with Crippen molar-refractivity contribution in [2.45, 2.75) is 20.3 Å². The lowest BCUT2D eigenvalue weighted by Crippen LogP contribution is -2.36. The molecule has 1 aliphatic heterocycles. The number of imide groups is 1. The molecule has 35 heavy (non-hydrogen) atoms. The third-order valence-electron chi connectivity index (χ3n) is 4.78. The third-order valence-corrected chi connectivity index (χ3v) is 6.25. The van der Waals surface area contributed by atoms with Crippen LogP contribution in [0.4, 0.5) is 10.5 Å². The summed E-state index contributed by atoms with van der Waals surface area (Å²) < 4.78 is 10.1. The highest BCUT2D eigenvalue weighted by atomic mass is 35.5. The highest BCUT2D eigenvalue weighted by Crippen LogP contribution is 2.37. The maximum Gasteiger partial charge on any atom is 0.344 e. The van der Waals surface area contributed by atoms with Crippen molar-refractivity contribution in [3.63, 3.8) is 0 Å². The Balaban J connectivity index is 1.67. The molecule has 0 aliphatic carbocycles. The molecule has 11 heteroatoms. The van der Waals surface area contributed by atoms with Crippen LogP contribution in [0.25, 0.3) is 6.08 Å². The summed E-state index contributed by atoms with van der Waals surface area (Å²) in [6.45, 7) is 3.13. The van der Waals surface area contributed by atoms with Gasteiger partial charge >= 0.3 is 5.97 Å². The lowest BCUT2D eigenvalue weighted by Gasteiger charge is -2.12. The van der Waals surface area contributed by atoms with Gasteiger partial charge in [-0.05, 0) is 66.6 Å². The topological polar surface area (TPSA) is 102 Å². The number of hydrogen-bond acceptors (Lipinski definition) is 7. The van der Waals surface area contributed by atoms with Gasteiger partial charge in [0.05, 0.1) is 21.6 Å². The predicted octanol–water partition coefficient (Wildman–Crippen LogP) is 5.17. The first-order valence-corrected chi connectivity index (χ1v) is 12.2. The van der Waals surface area contributed by atoms with Crippen LogP contribution in [0.2, 0.25) is 10.0 Å². The Morgan fingerprint density at radius 2 is 1.74 bits per heavy atom. The molecule has 0 bridgehead atoms. The fourth-order valence-electron chi connectivity index (χ4n) is 3.09. The Bertz CT molecular complexity index is 1160. The van der Waals surface area contributed by atoms with Gasteiger partial charge in [-0.25, -0.2) is 4.79 Å². The van der Waals surface area contributed by atoms with E-state index in [1.807, 2.05) is 19.1 Å². The minimum atomic E-state index is -0.605. The van der Waals surface area contributed by atoms with Crippen LogP contribution >= 0.6 is 35.0 Å². The number of halogens is 2. The number of rotatable bonds is 9. The number of carbonyl (C=O) groups is 4. The van der Waals surface area contributed by atoms with E-state index in [-0.39, 0.29) is 33.9 Å². The van der Waals surface area contributed by atoms with Gasteiger partial charge in [-0.2, -0.15) is 0 Å². The molecule has 0 radical (unpaired) electrons. The number of carbonyl (C=O) groups excluding carboxylic acids is 4. The summed E-state index contributed by atoms with van der Waals surface area (Å²) in [6, 6.07) is 10.3. The van der Waals surface area contributed by atoms with E-state index in [0.717, 1.165) is 16.9 Å². The van der Waals surface area contributed by atoms with Crippen LogP contribution in [0.3, 0.4) is 0 Å². The molecule has 2 aromatic rings. The molecular weight excluding hydrogens is 515 g/mol. The molecule has 1 heterocycles. The van der Waals surface area contributed by atoms with E-state index < -0.39 is 29.6 Å². The highest BCUT2D eigenvalue weighted by molar-refractivity contribution is 8.18. The molecule has 0 saturated carbocycles. The van der Waals surface area contributed by atoms with Crippen molar-refractivity contribution in [3.8, 4) is 5.75 Å². The first-order valence-electron chi connectivity index (χ1n) is 10.6. The quantitative estimate of drug-likeness (QED) is 0.348. The first kappa shape index (κ1) is 26.6. The zero-order valence-corrected chi connectivity index (χ0v) is 21.3. The number of thioether (sulfide) groups is 1. The van der Waals surface area contributed by atoms with Gasteiger partial charge in [-0.1, -0.05) is 42.3 Å². The molecule has 184 valence electrons. The maximum atomic E-state index is 12.8. The van der Waals surface area contributed by atoms with Gasteiger partial charge in [0.15, 0.2) is 12.4 Å². The number of hydrogen-bond donors (Lipinski definition) is 1. The fourth-order valence-corrected chi connectivity index (χ4v) is 4.54. The molecule has 0 spiro atoms. The third kappa shape index (κ3) is 7.00. The van der Waals surface area contributed by atoms with Crippen LogP contribution in [0.1, 0.15) is 25.0 Å². The average Bonchev–Trinajstić information content (AvgIpc) is 3.06. The van der Waals surface area contributed by atoms with Gasteiger partial charge in [0.2, 0.25) is 5.91 Å². The standard InChI is InChI=1S/C24H22Cl2N2O6S/c1-3-14-5-7-16(8-6-14)27-20(29)12-28-23(31)19(35-24(28)32)11-15-9-17(25)22(18(26)10-15)34-13-21(30)33-4-2/h5-11H,3-4,12-13H2,1-2H3,(H,27,29)/b19-11-.